The molecule has 1 unspecified atom stereocenters. The Morgan fingerprint density at radius 2 is 1.74 bits per heavy atom. The highest BCUT2D eigenvalue weighted by atomic mass is 15.4. The second-order valence-corrected chi connectivity index (χ2v) is 5.72. The van der Waals surface area contributed by atoms with Crippen molar-refractivity contribution in [2.75, 3.05) is 19.6 Å². The van der Waals surface area contributed by atoms with Gasteiger partial charge in [0.05, 0.1) is 25.7 Å². The summed E-state index contributed by atoms with van der Waals surface area (Å²) < 4.78 is 1.15. The van der Waals surface area contributed by atoms with Gasteiger partial charge in [-0.3, -0.25) is 0 Å². The summed E-state index contributed by atoms with van der Waals surface area (Å²) in [6.45, 7) is 11.4. The van der Waals surface area contributed by atoms with Gasteiger partial charge in [0.25, 0.3) is 0 Å². The smallest absolute Gasteiger partial charge is 0.0975 e. The van der Waals surface area contributed by atoms with Crippen LogP contribution in [0.3, 0.4) is 0 Å². The van der Waals surface area contributed by atoms with Crippen LogP contribution in [0.4, 0.5) is 0 Å². The zero-order valence-electron chi connectivity index (χ0n) is 11.9. The molecule has 1 saturated heterocycles. The molecule has 1 aromatic carbocycles. The number of nitrogens with zero attached hydrogens (tertiary/aromatic N) is 1. The van der Waals surface area contributed by atoms with E-state index in [2.05, 4.69) is 55.6 Å². The van der Waals surface area contributed by atoms with Crippen molar-refractivity contribution < 1.29 is 4.48 Å². The summed E-state index contributed by atoms with van der Waals surface area (Å²) in [6, 6.07) is 11.6. The number of benzene rings is 1. The molecule has 1 heteroatoms. The van der Waals surface area contributed by atoms with E-state index in [1.165, 1.54) is 37.8 Å². The Labute approximate surface area is 117 Å². The number of rotatable bonds is 6. The minimum Gasteiger partial charge on any atom is -0.314 e. The zero-order chi connectivity index (χ0) is 13.6. The molecular weight excluding hydrogens is 230 g/mol. The predicted molar refractivity (Wildman–Crippen MR) is 83.0 cm³/mol. The van der Waals surface area contributed by atoms with E-state index in [0.717, 1.165) is 17.6 Å². The van der Waals surface area contributed by atoms with Crippen molar-refractivity contribution in [3.8, 4) is 0 Å². The van der Waals surface area contributed by atoms with Crippen molar-refractivity contribution in [1.29, 1.82) is 0 Å². The molecule has 1 fully saturated rings. The van der Waals surface area contributed by atoms with Crippen molar-refractivity contribution >= 4 is 0 Å². The topological polar surface area (TPSA) is 0 Å². The molecule has 1 nitrogen and oxygen atoms in total. The summed E-state index contributed by atoms with van der Waals surface area (Å²) in [5.74, 6) is 0. The number of piperidine rings is 1. The Hall–Kier alpha value is -1.34. The van der Waals surface area contributed by atoms with Gasteiger partial charge in [-0.25, -0.2) is 0 Å². The normalized spacial score (nSPS) is 21.8. The summed E-state index contributed by atoms with van der Waals surface area (Å²) in [4.78, 5) is 0. The van der Waals surface area contributed by atoms with Crippen LogP contribution in [0.25, 0.3) is 0 Å². The largest absolute Gasteiger partial charge is 0.314 e. The third kappa shape index (κ3) is 3.36. The number of hydrogen-bond donors (Lipinski definition) is 0. The van der Waals surface area contributed by atoms with E-state index in [0.29, 0.717) is 6.04 Å². The van der Waals surface area contributed by atoms with Gasteiger partial charge in [0.2, 0.25) is 0 Å². The molecule has 1 aromatic rings. The third-order valence-electron chi connectivity index (χ3n) is 4.46. The summed E-state index contributed by atoms with van der Waals surface area (Å²) in [5.41, 5.74) is 1.46. The van der Waals surface area contributed by atoms with Gasteiger partial charge in [0, 0.05) is 12.8 Å². The monoisotopic (exact) mass is 256 g/mol. The molecule has 19 heavy (non-hydrogen) atoms. The van der Waals surface area contributed by atoms with Crippen LogP contribution >= 0.6 is 0 Å². The van der Waals surface area contributed by atoms with Crippen molar-refractivity contribution in [2.45, 2.75) is 31.7 Å². The average Bonchev–Trinajstić information content (AvgIpc) is 2.43. The summed E-state index contributed by atoms with van der Waals surface area (Å²) in [6.07, 6.45) is 9.40. The van der Waals surface area contributed by atoms with Crippen molar-refractivity contribution in [1.82, 2.24) is 0 Å². The van der Waals surface area contributed by atoms with Crippen LogP contribution in [0.5, 0.6) is 0 Å². The van der Waals surface area contributed by atoms with Gasteiger partial charge in [-0.1, -0.05) is 43.5 Å². The number of likely N-dealkylation sites (tertiary alicyclic amines) is 1. The molecule has 0 amide bonds. The SMILES string of the molecule is C=CC[N+]1(CC=C)CCCCC1Cc1ccccc1. The van der Waals surface area contributed by atoms with E-state index >= 15 is 0 Å². The molecule has 0 aliphatic carbocycles. The van der Waals surface area contributed by atoms with Gasteiger partial charge in [0.1, 0.15) is 0 Å². The third-order valence-corrected chi connectivity index (χ3v) is 4.46. The minimum atomic E-state index is 0.715. The van der Waals surface area contributed by atoms with Gasteiger partial charge in [0.15, 0.2) is 0 Å². The molecule has 1 aliphatic heterocycles. The van der Waals surface area contributed by atoms with E-state index in [1.54, 1.807) is 0 Å². The van der Waals surface area contributed by atoms with Crippen LogP contribution < -0.4 is 0 Å². The van der Waals surface area contributed by atoms with Crippen LogP contribution in [-0.4, -0.2) is 30.2 Å². The fourth-order valence-corrected chi connectivity index (χ4v) is 3.51. The first kappa shape index (κ1) is 14.1. The van der Waals surface area contributed by atoms with Crippen LogP contribution in [-0.2, 0) is 6.42 Å². The Bertz CT molecular complexity index is 397. The van der Waals surface area contributed by atoms with Crippen LogP contribution in [0, 0.1) is 0 Å². The lowest BCUT2D eigenvalue weighted by molar-refractivity contribution is -0.945. The Kier molecular flexibility index (Phi) is 4.98. The highest BCUT2D eigenvalue weighted by Gasteiger charge is 2.37. The molecule has 0 N–H and O–H groups in total. The van der Waals surface area contributed by atoms with E-state index in [9.17, 15) is 0 Å². The highest BCUT2D eigenvalue weighted by Crippen LogP contribution is 2.28. The molecule has 2 rings (SSSR count). The molecule has 1 aliphatic rings. The zero-order valence-corrected chi connectivity index (χ0v) is 11.9. The highest BCUT2D eigenvalue weighted by molar-refractivity contribution is 5.15. The molecular formula is C18H26N+. The quantitative estimate of drug-likeness (QED) is 0.533. The van der Waals surface area contributed by atoms with Crippen LogP contribution in [0.15, 0.2) is 55.6 Å². The first-order valence-electron chi connectivity index (χ1n) is 7.42. The summed E-state index contributed by atoms with van der Waals surface area (Å²) in [5, 5.41) is 0. The molecule has 0 bridgehead atoms. The number of hydrogen-bond acceptors (Lipinski definition) is 0. The minimum absolute atomic E-state index is 0.715. The average molecular weight is 256 g/mol. The maximum Gasteiger partial charge on any atom is 0.0975 e. The van der Waals surface area contributed by atoms with Crippen molar-refractivity contribution in [3.63, 3.8) is 0 Å². The Balaban J connectivity index is 2.18. The standard InChI is InChI=1S/C18H26N/c1-3-13-19(14-4-2)15-9-8-12-18(19)16-17-10-6-5-7-11-17/h3-7,10-11,18H,1-2,8-9,12-16H2/q+1. The maximum absolute atomic E-state index is 3.97. The molecule has 0 radical (unpaired) electrons. The van der Waals surface area contributed by atoms with Gasteiger partial charge in [-0.15, -0.1) is 0 Å². The van der Waals surface area contributed by atoms with Gasteiger partial charge >= 0.3 is 0 Å². The molecule has 102 valence electrons. The fraction of sp³-hybridized carbons (Fsp3) is 0.444. The lowest BCUT2D eigenvalue weighted by atomic mass is 9.92. The lowest BCUT2D eigenvalue weighted by Crippen LogP contribution is -2.59. The van der Waals surface area contributed by atoms with Crippen LogP contribution in [0.1, 0.15) is 24.8 Å². The van der Waals surface area contributed by atoms with Gasteiger partial charge in [-0.2, -0.15) is 0 Å². The van der Waals surface area contributed by atoms with Gasteiger partial charge < -0.3 is 4.48 Å². The van der Waals surface area contributed by atoms with Crippen LogP contribution in [0.2, 0.25) is 0 Å². The van der Waals surface area contributed by atoms with Crippen molar-refractivity contribution in [2.24, 2.45) is 0 Å². The Morgan fingerprint density at radius 3 is 2.37 bits per heavy atom. The summed E-state index contributed by atoms with van der Waals surface area (Å²) in [7, 11) is 0. The molecule has 1 atom stereocenters. The second kappa shape index (κ2) is 6.72. The Morgan fingerprint density at radius 1 is 1.05 bits per heavy atom. The van der Waals surface area contributed by atoms with Crippen molar-refractivity contribution in [3.05, 3.63) is 61.2 Å². The predicted octanol–water partition coefficient (Wildman–Crippen LogP) is 3.97. The lowest BCUT2D eigenvalue weighted by Gasteiger charge is -2.47. The first-order valence-corrected chi connectivity index (χ1v) is 7.42. The fourth-order valence-electron chi connectivity index (χ4n) is 3.51. The van der Waals surface area contributed by atoms with E-state index in [-0.39, 0.29) is 0 Å². The van der Waals surface area contributed by atoms with E-state index in [4.69, 9.17) is 0 Å². The summed E-state index contributed by atoms with van der Waals surface area (Å²) >= 11 is 0. The molecule has 1 heterocycles. The first-order chi connectivity index (χ1) is 9.30. The number of quaternary nitrogens is 1. The molecule has 0 saturated carbocycles. The van der Waals surface area contributed by atoms with E-state index < -0.39 is 0 Å². The second-order valence-electron chi connectivity index (χ2n) is 5.72. The maximum atomic E-state index is 3.97. The molecule has 0 spiro atoms. The van der Waals surface area contributed by atoms with E-state index in [1.807, 2.05) is 0 Å². The van der Waals surface area contributed by atoms with Gasteiger partial charge in [-0.05, 0) is 30.6 Å². The molecule has 0 aromatic heterocycles.